The van der Waals surface area contributed by atoms with E-state index >= 15 is 0 Å². The number of carbonyl (C=O) groups is 3. The van der Waals surface area contributed by atoms with Crippen molar-refractivity contribution in [3.8, 4) is 0 Å². The first-order valence-corrected chi connectivity index (χ1v) is 23.6. The van der Waals surface area contributed by atoms with Crippen molar-refractivity contribution in [1.82, 2.24) is 20.9 Å². The molecule has 12 nitrogen and oxygen atoms in total. The third-order valence-electron chi connectivity index (χ3n) is 11.1. The van der Waals surface area contributed by atoms with E-state index in [0.717, 1.165) is 30.4 Å². The summed E-state index contributed by atoms with van der Waals surface area (Å²) in [6.45, 7) is 12.7. The Balaban J connectivity index is 0.000000241. The number of anilines is 1. The Hall–Kier alpha value is -4.49. The molecule has 0 spiro atoms. The molecule has 2 fully saturated rings. The van der Waals surface area contributed by atoms with Crippen LogP contribution in [0.25, 0.3) is 0 Å². The van der Waals surface area contributed by atoms with Gasteiger partial charge in [-0.2, -0.15) is 4.99 Å². The second-order valence-electron chi connectivity index (χ2n) is 18.5. The number of aliphatic hydroxyl groups is 2. The van der Waals surface area contributed by atoms with Crippen molar-refractivity contribution in [1.29, 1.82) is 0 Å². The fourth-order valence-electron chi connectivity index (χ4n) is 6.47. The van der Waals surface area contributed by atoms with Gasteiger partial charge in [-0.1, -0.05) is 143 Å². The maximum Gasteiger partial charge on any atom is 0.322 e. The molecule has 2 saturated carbocycles. The zero-order chi connectivity index (χ0) is 48.6. The van der Waals surface area contributed by atoms with Crippen molar-refractivity contribution in [3.05, 3.63) is 127 Å². The first kappa shape index (κ1) is 54.1. The Bertz CT molecular complexity index is 2270. The Morgan fingerprint density at radius 3 is 1.59 bits per heavy atom. The number of aliphatic imine (C=N–C) groups is 1. The first-order chi connectivity index (χ1) is 31.2. The highest BCUT2D eigenvalue weighted by molar-refractivity contribution is 6.43. The highest BCUT2D eigenvalue weighted by Gasteiger charge is 2.31. The van der Waals surface area contributed by atoms with Gasteiger partial charge in [0.15, 0.2) is 0 Å². The number of halogens is 4. The van der Waals surface area contributed by atoms with Gasteiger partial charge in [0.25, 0.3) is 0 Å². The van der Waals surface area contributed by atoms with Crippen LogP contribution in [-0.4, -0.2) is 64.2 Å². The number of nitrogens with one attached hydrogen (secondary N) is 4. The van der Waals surface area contributed by atoms with E-state index in [2.05, 4.69) is 26.3 Å². The second kappa shape index (κ2) is 25.6. The fraction of sp³-hybridized carbons (Fsp3) is 0.440. The topological polar surface area (TPSA) is 172 Å². The van der Waals surface area contributed by atoms with Crippen LogP contribution in [0, 0.1) is 10.8 Å². The minimum atomic E-state index is -0.948. The standard InChI is InChI=1S/C25H31Cl2N3O3.C13H16N2O2.C12H15Cl2NO/c1-25(2,3)23(32)28-14-16-10-12-17(13-11-16)29-24(33)30(18-6-4-7-18)15-21(31)19-8-5-9-20(26)22(19)27;1-13(2,3)12(17)14-8-10-4-6-11(7-5-10)15-9-16;13-10-6-2-5-9(12(10)14)11(16)7-15-8-3-1-4-8/h5,8-13,18,21,31H,4,6-7,14-15H2,1-3H3,(H,28,32)(H,29,33);4-7H,8H2,1-3H3,(H,14,17);2,5-6,8,11,15-16H,1,3-4,7H2/t21-;;/m1../s1. The fourth-order valence-corrected chi connectivity index (χ4v) is 7.34. The molecule has 0 saturated heterocycles. The summed E-state index contributed by atoms with van der Waals surface area (Å²) in [6, 6.07) is 25.2. The van der Waals surface area contributed by atoms with E-state index in [1.807, 2.05) is 65.8 Å². The molecule has 0 aliphatic heterocycles. The second-order valence-corrected chi connectivity index (χ2v) is 20.0. The van der Waals surface area contributed by atoms with Crippen molar-refractivity contribution < 1.29 is 29.4 Å². The van der Waals surface area contributed by atoms with Crippen LogP contribution in [0.2, 0.25) is 20.1 Å². The maximum absolute atomic E-state index is 13.1. The van der Waals surface area contributed by atoms with Gasteiger partial charge in [0.1, 0.15) is 0 Å². The lowest BCUT2D eigenvalue weighted by Crippen LogP contribution is -2.48. The van der Waals surface area contributed by atoms with Gasteiger partial charge in [0.05, 0.1) is 44.5 Å². The third-order valence-corrected chi connectivity index (χ3v) is 12.8. The van der Waals surface area contributed by atoms with E-state index in [9.17, 15) is 29.4 Å². The molecule has 4 aromatic carbocycles. The lowest BCUT2D eigenvalue weighted by molar-refractivity contribution is -0.129. The largest absolute Gasteiger partial charge is 0.387 e. The van der Waals surface area contributed by atoms with Crippen LogP contribution in [0.4, 0.5) is 16.2 Å². The molecule has 1 unspecified atom stereocenters. The summed E-state index contributed by atoms with van der Waals surface area (Å²) >= 11 is 24.3. The van der Waals surface area contributed by atoms with Crippen LogP contribution < -0.4 is 21.3 Å². The van der Waals surface area contributed by atoms with E-state index in [1.165, 1.54) is 25.3 Å². The number of isocyanates is 1. The van der Waals surface area contributed by atoms with E-state index in [1.54, 1.807) is 65.6 Å². The van der Waals surface area contributed by atoms with Gasteiger partial charge < -0.3 is 36.4 Å². The van der Waals surface area contributed by atoms with Gasteiger partial charge in [0, 0.05) is 59.4 Å². The molecule has 4 amide bonds. The zero-order valence-corrected chi connectivity index (χ0v) is 41.4. The van der Waals surface area contributed by atoms with Crippen LogP contribution in [0.1, 0.15) is 115 Å². The Labute approximate surface area is 408 Å². The molecule has 6 N–H and O–H groups in total. The van der Waals surface area contributed by atoms with E-state index in [4.69, 9.17) is 46.4 Å². The minimum absolute atomic E-state index is 0.00693. The summed E-state index contributed by atoms with van der Waals surface area (Å²) in [5.41, 5.74) is 3.47. The van der Waals surface area contributed by atoms with Crippen LogP contribution in [0.5, 0.6) is 0 Å². The number of urea groups is 1. The summed E-state index contributed by atoms with van der Waals surface area (Å²) in [5.74, 6) is -0.0122. The Morgan fingerprint density at radius 2 is 1.17 bits per heavy atom. The third kappa shape index (κ3) is 17.0. The normalized spacial score (nSPS) is 14.5. The first-order valence-electron chi connectivity index (χ1n) is 22.0. The highest BCUT2D eigenvalue weighted by atomic mass is 35.5. The molecular weight excluding hydrogens is 922 g/mol. The number of rotatable bonds is 14. The molecular formula is C50H62Cl4N6O6. The van der Waals surface area contributed by atoms with Crippen molar-refractivity contribution >= 4 is 81.7 Å². The molecule has 0 radical (unpaired) electrons. The molecule has 356 valence electrons. The van der Waals surface area contributed by atoms with Crippen LogP contribution in [-0.2, 0) is 27.5 Å². The number of nitrogens with zero attached hydrogens (tertiary/aromatic N) is 2. The average molecular weight is 985 g/mol. The quantitative estimate of drug-likeness (QED) is 0.0539. The molecule has 0 aromatic heterocycles. The summed E-state index contributed by atoms with van der Waals surface area (Å²) in [7, 11) is 0. The van der Waals surface area contributed by atoms with Crippen LogP contribution in [0.3, 0.4) is 0 Å². The Morgan fingerprint density at radius 1 is 0.697 bits per heavy atom. The SMILES string of the molecule is CC(C)(C)C(=O)NCc1ccc(N=C=O)cc1.CC(C)(C)C(=O)NCc1ccc(NC(=O)N(C[C@@H](O)c2cccc(Cl)c2Cl)C2CCC2)cc1.OC(CNC1CCC1)c1cccc(Cl)c1Cl. The van der Waals surface area contributed by atoms with Crippen LogP contribution >= 0.6 is 46.4 Å². The molecule has 0 bridgehead atoms. The van der Waals surface area contributed by atoms with Crippen molar-refractivity contribution in [3.63, 3.8) is 0 Å². The monoisotopic (exact) mass is 982 g/mol. The van der Waals surface area contributed by atoms with E-state index in [-0.39, 0.29) is 35.8 Å². The van der Waals surface area contributed by atoms with Gasteiger partial charge in [-0.25, -0.2) is 9.59 Å². The summed E-state index contributed by atoms with van der Waals surface area (Å²) in [4.78, 5) is 51.9. The van der Waals surface area contributed by atoms with Gasteiger partial charge in [-0.05, 0) is 79.6 Å². The summed E-state index contributed by atoms with van der Waals surface area (Å²) < 4.78 is 0. The molecule has 66 heavy (non-hydrogen) atoms. The predicted molar refractivity (Wildman–Crippen MR) is 265 cm³/mol. The van der Waals surface area contributed by atoms with Crippen LogP contribution in [0.15, 0.2) is 89.9 Å². The van der Waals surface area contributed by atoms with Gasteiger partial charge in [-0.3, -0.25) is 9.59 Å². The summed E-state index contributed by atoms with van der Waals surface area (Å²) in [6.07, 6.45) is 6.48. The molecule has 2 aliphatic carbocycles. The summed E-state index contributed by atoms with van der Waals surface area (Å²) in [5, 5.41) is 34.4. The van der Waals surface area contributed by atoms with Gasteiger partial charge in [0.2, 0.25) is 17.9 Å². The average Bonchev–Trinajstić information content (AvgIpc) is 3.23. The van der Waals surface area contributed by atoms with Crippen molar-refractivity contribution in [2.24, 2.45) is 15.8 Å². The number of benzene rings is 4. The molecule has 2 aliphatic rings. The predicted octanol–water partition coefficient (Wildman–Crippen LogP) is 11.3. The van der Waals surface area contributed by atoms with E-state index in [0.29, 0.717) is 68.3 Å². The lowest BCUT2D eigenvalue weighted by atomic mass is 9.91. The number of hydrogen-bond acceptors (Lipinski definition) is 8. The van der Waals surface area contributed by atoms with Gasteiger partial charge in [-0.15, -0.1) is 0 Å². The number of aliphatic hydroxyl groups excluding tert-OH is 2. The zero-order valence-electron chi connectivity index (χ0n) is 38.4. The Kier molecular flexibility index (Phi) is 21.0. The number of amides is 4. The van der Waals surface area contributed by atoms with Gasteiger partial charge >= 0.3 is 6.03 Å². The molecule has 16 heteroatoms. The number of carbonyl (C=O) groups excluding carboxylic acids is 4. The smallest absolute Gasteiger partial charge is 0.322 e. The van der Waals surface area contributed by atoms with Crippen molar-refractivity contribution in [2.75, 3.05) is 18.4 Å². The van der Waals surface area contributed by atoms with E-state index < -0.39 is 17.6 Å². The number of hydrogen-bond donors (Lipinski definition) is 6. The molecule has 4 aromatic rings. The molecule has 0 heterocycles. The molecule has 6 rings (SSSR count). The lowest BCUT2D eigenvalue weighted by Gasteiger charge is -2.38. The molecule has 2 atom stereocenters. The highest BCUT2D eigenvalue weighted by Crippen LogP contribution is 2.33. The maximum atomic E-state index is 13.1. The minimum Gasteiger partial charge on any atom is -0.387 e. The van der Waals surface area contributed by atoms with Crippen molar-refractivity contribution in [2.45, 2.75) is 117 Å².